The van der Waals surface area contributed by atoms with Gasteiger partial charge in [-0.1, -0.05) is 35.6 Å². The molecule has 1 N–H and O–H groups in total. The number of hydrogen-bond donors (Lipinski definition) is 1. The predicted octanol–water partition coefficient (Wildman–Crippen LogP) is 6.53. The van der Waals surface area contributed by atoms with E-state index in [1.54, 1.807) is 6.20 Å². The fraction of sp³-hybridized carbons (Fsp3) is 0.286. The van der Waals surface area contributed by atoms with Crippen LogP contribution in [0, 0.1) is 0 Å². The molecule has 4 heterocycles. The highest BCUT2D eigenvalue weighted by atomic mass is 32.1. The van der Waals surface area contributed by atoms with Crippen LogP contribution in [0.5, 0.6) is 0 Å². The fourth-order valence-corrected chi connectivity index (χ4v) is 7.31. The summed E-state index contributed by atoms with van der Waals surface area (Å²) in [6.45, 7) is 4.88. The van der Waals surface area contributed by atoms with Gasteiger partial charge < -0.3 is 5.32 Å². The Morgan fingerprint density at radius 2 is 1.73 bits per heavy atom. The van der Waals surface area contributed by atoms with E-state index in [2.05, 4.69) is 39.5 Å². The number of anilines is 1. The maximum absolute atomic E-state index is 13.2. The molecule has 222 valence electrons. The number of nitrogens with zero attached hydrogens (tertiary/aromatic N) is 5. The molecule has 0 unspecified atom stereocenters. The Bertz CT molecular complexity index is 1800. The van der Waals surface area contributed by atoms with E-state index in [9.17, 15) is 9.59 Å². The third kappa shape index (κ3) is 5.85. The smallest absolute Gasteiger partial charge is 0.223 e. The van der Waals surface area contributed by atoms with E-state index in [0.29, 0.717) is 17.1 Å². The molecular weight excluding hydrogens is 568 g/mol. The number of amides is 1. The van der Waals surface area contributed by atoms with Crippen LogP contribution in [0.4, 0.5) is 5.13 Å². The van der Waals surface area contributed by atoms with Gasteiger partial charge in [-0.05, 0) is 92.7 Å². The van der Waals surface area contributed by atoms with E-state index in [-0.39, 0.29) is 11.7 Å². The maximum atomic E-state index is 13.2. The van der Waals surface area contributed by atoms with Crippen molar-refractivity contribution in [2.75, 3.05) is 18.4 Å². The van der Waals surface area contributed by atoms with Gasteiger partial charge in [0.05, 0.1) is 27.6 Å². The SMILES string of the molecule is CC(=O)Nc1nc2c(s1)-c1c(c(-c3cccnc3)nn1-c1ccc(C(=O)CCc3ccc(CN4CCCC4)cc3)cc1)CC2. The standard InChI is InChI=1S/C35H34N6O2S/c1-23(42)37-35-38-30-16-15-29-32(27-5-4-18-36-21-27)39-41(33(29)34(30)44-35)28-13-11-26(12-14-28)31(43)17-10-24-6-8-25(9-7-24)22-40-19-2-3-20-40/h4-9,11-14,18,21H,2-3,10,15-17,19-20,22H2,1H3,(H,37,38,42). The summed E-state index contributed by atoms with van der Waals surface area (Å²) in [7, 11) is 0. The number of nitrogens with one attached hydrogen (secondary N) is 1. The van der Waals surface area contributed by atoms with E-state index >= 15 is 0 Å². The first-order valence-corrected chi connectivity index (χ1v) is 16.1. The topological polar surface area (TPSA) is 93.0 Å². The molecule has 0 saturated carbocycles. The van der Waals surface area contributed by atoms with Gasteiger partial charge in [0.2, 0.25) is 5.91 Å². The summed E-state index contributed by atoms with van der Waals surface area (Å²) in [5, 5.41) is 8.50. The summed E-state index contributed by atoms with van der Waals surface area (Å²) in [6.07, 6.45) is 8.92. The molecule has 3 aromatic heterocycles. The highest BCUT2D eigenvalue weighted by molar-refractivity contribution is 7.19. The zero-order valence-electron chi connectivity index (χ0n) is 24.8. The van der Waals surface area contributed by atoms with Crippen LogP contribution in [0.15, 0.2) is 73.1 Å². The van der Waals surface area contributed by atoms with Crippen molar-refractivity contribution in [1.29, 1.82) is 0 Å². The van der Waals surface area contributed by atoms with Crippen molar-refractivity contribution < 1.29 is 9.59 Å². The zero-order valence-corrected chi connectivity index (χ0v) is 25.6. The van der Waals surface area contributed by atoms with Gasteiger partial charge in [-0.25, -0.2) is 9.67 Å². The third-order valence-electron chi connectivity index (χ3n) is 8.43. The molecule has 0 spiro atoms. The molecule has 0 bridgehead atoms. The quantitative estimate of drug-likeness (QED) is 0.193. The summed E-state index contributed by atoms with van der Waals surface area (Å²) < 4.78 is 1.95. The average molecular weight is 603 g/mol. The van der Waals surface area contributed by atoms with Crippen LogP contribution in [-0.2, 0) is 30.6 Å². The lowest BCUT2D eigenvalue weighted by atomic mass is 9.95. The van der Waals surface area contributed by atoms with Crippen LogP contribution >= 0.6 is 11.3 Å². The van der Waals surface area contributed by atoms with E-state index in [0.717, 1.165) is 64.6 Å². The second-order valence-corrected chi connectivity index (χ2v) is 12.6. The number of carbonyl (C=O) groups excluding carboxylic acids is 2. The largest absolute Gasteiger partial charge is 0.302 e. The molecule has 1 saturated heterocycles. The number of ketones is 1. The lowest BCUT2D eigenvalue weighted by Crippen LogP contribution is -2.18. The van der Waals surface area contributed by atoms with Crippen LogP contribution < -0.4 is 5.32 Å². The number of thiazole rings is 1. The minimum Gasteiger partial charge on any atom is -0.302 e. The molecule has 0 radical (unpaired) electrons. The lowest BCUT2D eigenvalue weighted by molar-refractivity contribution is -0.114. The predicted molar refractivity (Wildman–Crippen MR) is 173 cm³/mol. The van der Waals surface area contributed by atoms with Gasteiger partial charge in [-0.15, -0.1) is 0 Å². The van der Waals surface area contributed by atoms with Crippen LogP contribution in [0.3, 0.4) is 0 Å². The average Bonchev–Trinajstić information content (AvgIpc) is 3.79. The van der Waals surface area contributed by atoms with Gasteiger partial charge in [0.25, 0.3) is 0 Å². The number of benzene rings is 2. The molecule has 9 heteroatoms. The summed E-state index contributed by atoms with van der Waals surface area (Å²) in [5.74, 6) is -0.0170. The summed E-state index contributed by atoms with van der Waals surface area (Å²) >= 11 is 1.47. The Labute approximate surface area is 260 Å². The normalized spacial score (nSPS) is 14.3. The molecule has 0 atom stereocenters. The highest BCUT2D eigenvalue weighted by Gasteiger charge is 2.30. The van der Waals surface area contributed by atoms with Crippen molar-refractivity contribution in [2.24, 2.45) is 0 Å². The van der Waals surface area contributed by atoms with Gasteiger partial charge >= 0.3 is 0 Å². The van der Waals surface area contributed by atoms with Gasteiger partial charge in [0.15, 0.2) is 10.9 Å². The van der Waals surface area contributed by atoms with Crippen molar-refractivity contribution in [3.8, 4) is 27.5 Å². The zero-order chi connectivity index (χ0) is 30.0. The van der Waals surface area contributed by atoms with Gasteiger partial charge in [-0.2, -0.15) is 5.10 Å². The Kier molecular flexibility index (Phi) is 7.89. The molecule has 1 fully saturated rings. The molecule has 8 nitrogen and oxygen atoms in total. The van der Waals surface area contributed by atoms with Crippen LogP contribution in [-0.4, -0.2) is 49.4 Å². The van der Waals surface area contributed by atoms with Crippen molar-refractivity contribution in [3.63, 3.8) is 0 Å². The molecule has 1 amide bonds. The van der Waals surface area contributed by atoms with Gasteiger partial charge in [-0.3, -0.25) is 19.5 Å². The number of likely N-dealkylation sites (tertiary alicyclic amines) is 1. The highest BCUT2D eigenvalue weighted by Crippen LogP contribution is 2.44. The second-order valence-electron chi connectivity index (χ2n) is 11.6. The number of fused-ring (bicyclic) bond motifs is 3. The third-order valence-corrected chi connectivity index (χ3v) is 9.45. The Morgan fingerprint density at radius 1 is 0.955 bits per heavy atom. The Morgan fingerprint density at radius 3 is 2.45 bits per heavy atom. The summed E-state index contributed by atoms with van der Waals surface area (Å²) in [6, 6.07) is 20.4. The summed E-state index contributed by atoms with van der Waals surface area (Å²) in [5.41, 5.74) is 8.99. The molecule has 7 rings (SSSR count). The minimum atomic E-state index is -0.143. The summed E-state index contributed by atoms with van der Waals surface area (Å²) in [4.78, 5) is 37.4. The number of hydrogen-bond acceptors (Lipinski definition) is 7. The van der Waals surface area contributed by atoms with Crippen LogP contribution in [0.1, 0.15) is 58.9 Å². The Hall–Kier alpha value is -4.47. The van der Waals surface area contributed by atoms with Crippen molar-refractivity contribution in [1.82, 2.24) is 24.6 Å². The molecular formula is C35H34N6O2S. The maximum Gasteiger partial charge on any atom is 0.223 e. The lowest BCUT2D eigenvalue weighted by Gasteiger charge is -2.14. The molecule has 5 aromatic rings. The van der Waals surface area contributed by atoms with Gasteiger partial charge in [0.1, 0.15) is 0 Å². The van der Waals surface area contributed by atoms with E-state index in [1.165, 1.54) is 55.3 Å². The van der Waals surface area contributed by atoms with E-state index in [4.69, 9.17) is 10.1 Å². The Balaban J connectivity index is 1.11. The number of Topliss-reactive ketones (excluding diaryl/α,β-unsaturated/α-hetero) is 1. The molecule has 1 aliphatic heterocycles. The first-order valence-electron chi connectivity index (χ1n) is 15.3. The number of aryl methyl sites for hydroxylation is 2. The molecule has 2 aliphatic rings. The number of rotatable bonds is 9. The molecule has 2 aromatic carbocycles. The first-order chi connectivity index (χ1) is 21.5. The van der Waals surface area contributed by atoms with E-state index in [1.807, 2.05) is 47.3 Å². The van der Waals surface area contributed by atoms with Crippen LogP contribution in [0.2, 0.25) is 0 Å². The fourth-order valence-electron chi connectivity index (χ4n) is 6.20. The number of carbonyl (C=O) groups is 2. The van der Waals surface area contributed by atoms with E-state index < -0.39 is 0 Å². The second kappa shape index (κ2) is 12.3. The minimum absolute atomic E-state index is 0.126. The molecule has 44 heavy (non-hydrogen) atoms. The molecule has 1 aliphatic carbocycles. The van der Waals surface area contributed by atoms with Crippen molar-refractivity contribution in [2.45, 2.75) is 52.0 Å². The van der Waals surface area contributed by atoms with Gasteiger partial charge in [0, 0.05) is 49.0 Å². The van der Waals surface area contributed by atoms with Crippen molar-refractivity contribution >= 4 is 28.2 Å². The van der Waals surface area contributed by atoms with Crippen LogP contribution in [0.25, 0.3) is 27.5 Å². The number of pyridine rings is 1. The first kappa shape index (κ1) is 28.3. The monoisotopic (exact) mass is 602 g/mol. The number of aromatic nitrogens is 4. The van der Waals surface area contributed by atoms with Crippen molar-refractivity contribution in [3.05, 3.63) is 101 Å².